The Hall–Kier alpha value is -0.530. The molecule has 0 heterocycles. The van der Waals surface area contributed by atoms with E-state index < -0.39 is 0 Å². The predicted molar refractivity (Wildman–Crippen MR) is 93.6 cm³/mol. The molecule has 0 aromatic rings. The van der Waals surface area contributed by atoms with Gasteiger partial charge in [-0.3, -0.25) is 4.79 Å². The van der Waals surface area contributed by atoms with Crippen LogP contribution >= 0.6 is 0 Å². The lowest BCUT2D eigenvalue weighted by molar-refractivity contribution is -0.135. The highest BCUT2D eigenvalue weighted by molar-refractivity contribution is 5.76. The second-order valence-electron chi connectivity index (χ2n) is 6.54. The number of unbranched alkanes of at least 4 members (excludes halogenated alkanes) is 7. The molecule has 0 aromatic heterocycles. The van der Waals surface area contributed by atoms with Crippen molar-refractivity contribution >= 4 is 5.91 Å². The van der Waals surface area contributed by atoms with E-state index in [1.165, 1.54) is 44.9 Å². The van der Waals surface area contributed by atoms with E-state index in [1.54, 1.807) is 0 Å². The summed E-state index contributed by atoms with van der Waals surface area (Å²) < 4.78 is 0. The molecule has 0 spiro atoms. The van der Waals surface area contributed by atoms with Gasteiger partial charge in [-0.15, -0.1) is 0 Å². The SMILES string of the molecule is CCCCCCCCCCC(=O)N(C(C)CC)C(C)CC. The number of nitrogens with zero attached hydrogens (tertiary/aromatic N) is 1. The Labute approximate surface area is 133 Å². The van der Waals surface area contributed by atoms with Gasteiger partial charge in [0.2, 0.25) is 5.91 Å². The molecule has 126 valence electrons. The van der Waals surface area contributed by atoms with E-state index in [-0.39, 0.29) is 0 Å². The average molecular weight is 298 g/mol. The van der Waals surface area contributed by atoms with E-state index in [1.807, 2.05) is 0 Å². The summed E-state index contributed by atoms with van der Waals surface area (Å²) in [5, 5.41) is 0. The van der Waals surface area contributed by atoms with Gasteiger partial charge >= 0.3 is 0 Å². The number of hydrogen-bond acceptors (Lipinski definition) is 1. The van der Waals surface area contributed by atoms with Crippen LogP contribution in [0.1, 0.15) is 105 Å². The van der Waals surface area contributed by atoms with Gasteiger partial charge in [-0.05, 0) is 33.1 Å². The number of carbonyl (C=O) groups is 1. The van der Waals surface area contributed by atoms with Crippen LogP contribution in [0, 0.1) is 0 Å². The maximum atomic E-state index is 12.4. The number of hydrogen-bond donors (Lipinski definition) is 0. The first kappa shape index (κ1) is 20.5. The molecule has 2 atom stereocenters. The molecule has 0 bridgehead atoms. The van der Waals surface area contributed by atoms with Crippen molar-refractivity contribution in [3.8, 4) is 0 Å². The molecule has 2 unspecified atom stereocenters. The first-order valence-corrected chi connectivity index (χ1v) is 9.39. The van der Waals surface area contributed by atoms with Crippen molar-refractivity contribution in [2.75, 3.05) is 0 Å². The fraction of sp³-hybridized carbons (Fsp3) is 0.947. The Morgan fingerprint density at radius 3 is 1.62 bits per heavy atom. The summed E-state index contributed by atoms with van der Waals surface area (Å²) in [6, 6.07) is 0.753. The molecule has 0 saturated carbocycles. The van der Waals surface area contributed by atoms with Crippen molar-refractivity contribution in [3.63, 3.8) is 0 Å². The quantitative estimate of drug-likeness (QED) is 0.385. The highest BCUT2D eigenvalue weighted by Crippen LogP contribution is 2.16. The molecule has 0 aliphatic heterocycles. The summed E-state index contributed by atoms with van der Waals surface area (Å²) in [5.74, 6) is 0.365. The van der Waals surface area contributed by atoms with Gasteiger partial charge in [0.15, 0.2) is 0 Å². The van der Waals surface area contributed by atoms with Gasteiger partial charge in [-0.1, -0.05) is 65.7 Å². The van der Waals surface area contributed by atoms with Gasteiger partial charge in [0.25, 0.3) is 0 Å². The van der Waals surface area contributed by atoms with E-state index in [9.17, 15) is 4.79 Å². The van der Waals surface area contributed by atoms with Gasteiger partial charge < -0.3 is 4.90 Å². The fourth-order valence-corrected chi connectivity index (χ4v) is 2.86. The summed E-state index contributed by atoms with van der Waals surface area (Å²) in [4.78, 5) is 14.6. The lowest BCUT2D eigenvalue weighted by Crippen LogP contribution is -2.44. The van der Waals surface area contributed by atoms with Crippen LogP contribution in [0.4, 0.5) is 0 Å². The molecule has 2 nitrogen and oxygen atoms in total. The first-order valence-electron chi connectivity index (χ1n) is 9.39. The molecule has 0 aliphatic rings. The second-order valence-corrected chi connectivity index (χ2v) is 6.54. The van der Waals surface area contributed by atoms with Crippen molar-refractivity contribution in [3.05, 3.63) is 0 Å². The maximum absolute atomic E-state index is 12.4. The van der Waals surface area contributed by atoms with Crippen LogP contribution in [-0.4, -0.2) is 22.9 Å². The van der Waals surface area contributed by atoms with Crippen LogP contribution in [0.2, 0.25) is 0 Å². The van der Waals surface area contributed by atoms with Gasteiger partial charge in [0.05, 0.1) is 0 Å². The van der Waals surface area contributed by atoms with E-state index in [4.69, 9.17) is 0 Å². The number of carbonyl (C=O) groups excluding carboxylic acids is 1. The standard InChI is InChI=1S/C19H39NO/c1-6-9-10-11-12-13-14-15-16-19(21)20(17(4)7-2)18(5)8-3/h17-18H,6-16H2,1-5H3. The van der Waals surface area contributed by atoms with Crippen LogP contribution in [-0.2, 0) is 4.79 Å². The van der Waals surface area contributed by atoms with Crippen LogP contribution in [0.25, 0.3) is 0 Å². The van der Waals surface area contributed by atoms with Crippen molar-refractivity contribution in [1.29, 1.82) is 0 Å². The van der Waals surface area contributed by atoms with Crippen molar-refractivity contribution in [1.82, 2.24) is 4.90 Å². The van der Waals surface area contributed by atoms with E-state index in [2.05, 4.69) is 39.5 Å². The van der Waals surface area contributed by atoms with Crippen LogP contribution in [0.5, 0.6) is 0 Å². The van der Waals surface area contributed by atoms with E-state index in [0.29, 0.717) is 18.0 Å². The summed E-state index contributed by atoms with van der Waals surface area (Å²) in [5.41, 5.74) is 0. The van der Waals surface area contributed by atoms with Crippen molar-refractivity contribution in [2.45, 2.75) is 117 Å². The summed E-state index contributed by atoms with van der Waals surface area (Å²) in [6.45, 7) is 11.0. The van der Waals surface area contributed by atoms with E-state index in [0.717, 1.165) is 25.7 Å². The molecule has 0 aromatic carbocycles. The fourth-order valence-electron chi connectivity index (χ4n) is 2.86. The van der Waals surface area contributed by atoms with Gasteiger partial charge in [-0.25, -0.2) is 0 Å². The molecular weight excluding hydrogens is 258 g/mol. The van der Waals surface area contributed by atoms with Crippen LogP contribution in [0.3, 0.4) is 0 Å². The third-order valence-electron chi connectivity index (χ3n) is 4.66. The third kappa shape index (κ3) is 9.16. The van der Waals surface area contributed by atoms with Gasteiger partial charge in [-0.2, -0.15) is 0 Å². The Morgan fingerprint density at radius 1 is 0.762 bits per heavy atom. The monoisotopic (exact) mass is 297 g/mol. The minimum atomic E-state index is 0.365. The lowest BCUT2D eigenvalue weighted by Gasteiger charge is -2.34. The van der Waals surface area contributed by atoms with Crippen LogP contribution < -0.4 is 0 Å². The highest BCUT2D eigenvalue weighted by atomic mass is 16.2. The van der Waals surface area contributed by atoms with Gasteiger partial charge in [0, 0.05) is 18.5 Å². The molecule has 0 fully saturated rings. The molecule has 21 heavy (non-hydrogen) atoms. The second kappa shape index (κ2) is 13.2. The topological polar surface area (TPSA) is 20.3 Å². The first-order chi connectivity index (χ1) is 10.1. The Morgan fingerprint density at radius 2 is 1.19 bits per heavy atom. The molecule has 0 saturated heterocycles. The van der Waals surface area contributed by atoms with E-state index >= 15 is 0 Å². The minimum absolute atomic E-state index is 0.365. The zero-order chi connectivity index (χ0) is 16.1. The Balaban J connectivity index is 3.88. The molecule has 0 aliphatic carbocycles. The molecular formula is C19H39NO. The zero-order valence-electron chi connectivity index (χ0n) is 15.3. The van der Waals surface area contributed by atoms with Crippen LogP contribution in [0.15, 0.2) is 0 Å². The normalized spacial score (nSPS) is 14.0. The molecule has 0 N–H and O–H groups in total. The van der Waals surface area contributed by atoms with Gasteiger partial charge in [0.1, 0.15) is 0 Å². The molecule has 1 amide bonds. The van der Waals surface area contributed by atoms with Crippen molar-refractivity contribution in [2.24, 2.45) is 0 Å². The molecule has 2 heteroatoms. The average Bonchev–Trinajstić information content (AvgIpc) is 2.49. The third-order valence-corrected chi connectivity index (χ3v) is 4.66. The summed E-state index contributed by atoms with van der Waals surface area (Å²) in [6.07, 6.45) is 13.2. The van der Waals surface area contributed by atoms with Crippen molar-refractivity contribution < 1.29 is 4.79 Å². The molecule has 0 radical (unpaired) electrons. The largest absolute Gasteiger partial charge is 0.337 e. The number of amides is 1. The maximum Gasteiger partial charge on any atom is 0.223 e. The zero-order valence-corrected chi connectivity index (χ0v) is 15.3. The minimum Gasteiger partial charge on any atom is -0.337 e. The number of rotatable bonds is 13. The smallest absolute Gasteiger partial charge is 0.223 e. The highest BCUT2D eigenvalue weighted by Gasteiger charge is 2.22. The lowest BCUT2D eigenvalue weighted by atomic mass is 10.1. The Kier molecular flexibility index (Phi) is 12.8. The molecule has 0 rings (SSSR count). The predicted octanol–water partition coefficient (Wildman–Crippen LogP) is 5.94. The Bertz CT molecular complexity index is 242. The summed E-state index contributed by atoms with van der Waals surface area (Å²) >= 11 is 0. The summed E-state index contributed by atoms with van der Waals surface area (Å²) in [7, 11) is 0.